The summed E-state index contributed by atoms with van der Waals surface area (Å²) in [6.45, 7) is 1.55. The number of H-pyrrole nitrogens is 1. The normalized spacial score (nSPS) is 11.1. The molecular weight excluding hydrogens is 333 g/mol. The minimum Gasteiger partial charge on any atom is -0.415 e. The van der Waals surface area contributed by atoms with Gasteiger partial charge in [0.2, 0.25) is 34.8 Å². The van der Waals surface area contributed by atoms with E-state index in [1.165, 1.54) is 0 Å². The number of para-hydroxylation sites is 1. The third-order valence-electron chi connectivity index (χ3n) is 3.53. The molecule has 0 fully saturated rings. The van der Waals surface area contributed by atoms with Gasteiger partial charge < -0.3 is 9.72 Å². The molecule has 0 spiro atoms. The van der Waals surface area contributed by atoms with Crippen molar-refractivity contribution in [1.82, 2.24) is 4.98 Å². The number of aryl methyl sites for hydroxylation is 1. The quantitative estimate of drug-likeness (QED) is 0.247. The van der Waals surface area contributed by atoms with Gasteiger partial charge in [0, 0.05) is 10.9 Å². The average Bonchev–Trinajstić information content (AvgIpc) is 2.92. The highest BCUT2D eigenvalue weighted by molar-refractivity contribution is 5.98. The maximum atomic E-state index is 13.6. The molecule has 0 aliphatic carbocycles. The van der Waals surface area contributed by atoms with Crippen LogP contribution in [0.4, 0.5) is 22.0 Å². The first-order valence-electron chi connectivity index (χ1n) is 6.63. The Bertz CT molecular complexity index is 951. The molecule has 124 valence electrons. The molecule has 0 amide bonds. The van der Waals surface area contributed by atoms with Crippen molar-refractivity contribution in [2.75, 3.05) is 0 Å². The third-order valence-corrected chi connectivity index (χ3v) is 3.53. The predicted molar refractivity (Wildman–Crippen MR) is 74.2 cm³/mol. The van der Waals surface area contributed by atoms with E-state index in [0.29, 0.717) is 16.5 Å². The lowest BCUT2D eigenvalue weighted by atomic mass is 10.1. The zero-order chi connectivity index (χ0) is 17.6. The highest BCUT2D eigenvalue weighted by Crippen LogP contribution is 2.30. The SMILES string of the molecule is Cc1c(C(=O)Oc2c(F)c(F)c(F)c(F)c2F)[nH]c2ccccc12. The van der Waals surface area contributed by atoms with Crippen molar-refractivity contribution in [2.24, 2.45) is 0 Å². The topological polar surface area (TPSA) is 42.1 Å². The van der Waals surface area contributed by atoms with Crippen molar-refractivity contribution >= 4 is 16.9 Å². The first kappa shape index (κ1) is 16.0. The predicted octanol–water partition coefficient (Wildman–Crippen LogP) is 4.39. The summed E-state index contributed by atoms with van der Waals surface area (Å²) in [4.78, 5) is 14.8. The van der Waals surface area contributed by atoms with Crippen LogP contribution in [-0.2, 0) is 0 Å². The molecule has 1 aromatic heterocycles. The fourth-order valence-electron chi connectivity index (χ4n) is 2.30. The number of esters is 1. The Morgan fingerprint density at radius 2 is 1.46 bits per heavy atom. The van der Waals surface area contributed by atoms with Crippen LogP contribution in [0.25, 0.3) is 10.9 Å². The van der Waals surface area contributed by atoms with Gasteiger partial charge in [0.05, 0.1) is 0 Å². The number of hydrogen-bond donors (Lipinski definition) is 1. The molecule has 2 aromatic carbocycles. The molecule has 0 saturated carbocycles. The van der Waals surface area contributed by atoms with Crippen LogP contribution in [-0.4, -0.2) is 11.0 Å². The Labute approximate surface area is 131 Å². The molecule has 24 heavy (non-hydrogen) atoms. The van der Waals surface area contributed by atoms with Crippen molar-refractivity contribution in [1.29, 1.82) is 0 Å². The van der Waals surface area contributed by atoms with Crippen molar-refractivity contribution in [3.05, 3.63) is 64.6 Å². The number of halogens is 5. The Morgan fingerprint density at radius 3 is 2.04 bits per heavy atom. The van der Waals surface area contributed by atoms with Gasteiger partial charge in [-0.3, -0.25) is 0 Å². The molecule has 0 bridgehead atoms. The molecule has 1 N–H and O–H groups in total. The number of aromatic amines is 1. The smallest absolute Gasteiger partial charge is 0.360 e. The summed E-state index contributed by atoms with van der Waals surface area (Å²) in [6.07, 6.45) is 0. The van der Waals surface area contributed by atoms with E-state index in [9.17, 15) is 26.7 Å². The summed E-state index contributed by atoms with van der Waals surface area (Å²) in [5.74, 6) is -14.1. The van der Waals surface area contributed by atoms with E-state index in [1.54, 1.807) is 31.2 Å². The highest BCUT2D eigenvalue weighted by atomic mass is 19.2. The van der Waals surface area contributed by atoms with Gasteiger partial charge in [-0.15, -0.1) is 0 Å². The summed E-state index contributed by atoms with van der Waals surface area (Å²) in [7, 11) is 0. The minimum absolute atomic E-state index is 0.153. The van der Waals surface area contributed by atoms with Crippen LogP contribution >= 0.6 is 0 Å². The molecule has 0 radical (unpaired) electrons. The summed E-state index contributed by atoms with van der Waals surface area (Å²) in [5, 5.41) is 0.655. The van der Waals surface area contributed by atoms with Crippen LogP contribution in [0.15, 0.2) is 24.3 Å². The highest BCUT2D eigenvalue weighted by Gasteiger charge is 2.29. The Balaban J connectivity index is 2.05. The van der Waals surface area contributed by atoms with Gasteiger partial charge in [-0.05, 0) is 18.6 Å². The second kappa shape index (κ2) is 5.63. The molecule has 0 aliphatic rings. The molecule has 8 heteroatoms. The molecule has 0 unspecified atom stereocenters. The van der Waals surface area contributed by atoms with E-state index < -0.39 is 40.8 Å². The number of benzene rings is 2. The van der Waals surface area contributed by atoms with E-state index in [4.69, 9.17) is 0 Å². The second-order valence-electron chi connectivity index (χ2n) is 4.96. The fraction of sp³-hybridized carbons (Fsp3) is 0.0625. The number of carbonyl (C=O) groups is 1. The zero-order valence-electron chi connectivity index (χ0n) is 12.0. The first-order chi connectivity index (χ1) is 11.3. The molecule has 0 aliphatic heterocycles. The number of carbonyl (C=O) groups excluding carboxylic acids is 1. The summed E-state index contributed by atoms with van der Waals surface area (Å²) in [5.41, 5.74) is 0.818. The maximum Gasteiger partial charge on any atom is 0.360 e. The van der Waals surface area contributed by atoms with Crippen molar-refractivity contribution < 1.29 is 31.5 Å². The maximum absolute atomic E-state index is 13.6. The summed E-state index contributed by atoms with van der Waals surface area (Å²) in [6, 6.07) is 6.74. The third kappa shape index (κ3) is 2.31. The van der Waals surface area contributed by atoms with Crippen molar-refractivity contribution in [3.8, 4) is 5.75 Å². The van der Waals surface area contributed by atoms with Crippen LogP contribution in [0.5, 0.6) is 5.75 Å². The number of nitrogens with one attached hydrogen (secondary N) is 1. The van der Waals surface area contributed by atoms with Crippen molar-refractivity contribution in [2.45, 2.75) is 6.92 Å². The number of fused-ring (bicyclic) bond motifs is 1. The van der Waals surface area contributed by atoms with E-state index in [2.05, 4.69) is 9.72 Å². The van der Waals surface area contributed by atoms with E-state index in [1.807, 2.05) is 0 Å². The van der Waals surface area contributed by atoms with Gasteiger partial charge in [-0.25, -0.2) is 18.0 Å². The Morgan fingerprint density at radius 1 is 0.917 bits per heavy atom. The fourth-order valence-corrected chi connectivity index (χ4v) is 2.30. The lowest BCUT2D eigenvalue weighted by Crippen LogP contribution is -2.15. The number of aromatic nitrogens is 1. The number of ether oxygens (including phenoxy) is 1. The molecular formula is C16H8F5NO2. The molecule has 0 atom stereocenters. The first-order valence-corrected chi connectivity index (χ1v) is 6.63. The van der Waals surface area contributed by atoms with E-state index in [-0.39, 0.29) is 5.69 Å². The van der Waals surface area contributed by atoms with Crippen LogP contribution < -0.4 is 4.74 Å². The van der Waals surface area contributed by atoms with Gasteiger partial charge in [0.25, 0.3) is 0 Å². The van der Waals surface area contributed by atoms with Crippen LogP contribution in [0, 0.1) is 36.0 Å². The summed E-state index contributed by atoms with van der Waals surface area (Å²) < 4.78 is 70.8. The number of hydrogen-bond acceptors (Lipinski definition) is 2. The Hall–Kier alpha value is -2.90. The lowest BCUT2D eigenvalue weighted by molar-refractivity contribution is 0.0710. The molecule has 1 heterocycles. The Kier molecular flexibility index (Phi) is 3.75. The van der Waals surface area contributed by atoms with Crippen molar-refractivity contribution in [3.63, 3.8) is 0 Å². The van der Waals surface area contributed by atoms with Gasteiger partial charge in [0.15, 0.2) is 0 Å². The summed E-state index contributed by atoms with van der Waals surface area (Å²) >= 11 is 0. The van der Waals surface area contributed by atoms with E-state index >= 15 is 0 Å². The van der Waals surface area contributed by atoms with E-state index in [0.717, 1.165) is 0 Å². The van der Waals surface area contributed by atoms with Gasteiger partial charge in [0.1, 0.15) is 5.69 Å². The molecule has 3 aromatic rings. The second-order valence-corrected chi connectivity index (χ2v) is 4.96. The monoisotopic (exact) mass is 341 g/mol. The van der Waals surface area contributed by atoms with Gasteiger partial charge in [-0.1, -0.05) is 18.2 Å². The molecule has 0 saturated heterocycles. The minimum atomic E-state index is -2.33. The molecule has 3 rings (SSSR count). The number of rotatable bonds is 2. The van der Waals surface area contributed by atoms with Crippen LogP contribution in [0.1, 0.15) is 16.1 Å². The largest absolute Gasteiger partial charge is 0.415 e. The average molecular weight is 341 g/mol. The lowest BCUT2D eigenvalue weighted by Gasteiger charge is -2.08. The van der Waals surface area contributed by atoms with Crippen LogP contribution in [0.2, 0.25) is 0 Å². The van der Waals surface area contributed by atoms with Gasteiger partial charge in [-0.2, -0.15) is 8.78 Å². The van der Waals surface area contributed by atoms with Crippen LogP contribution in [0.3, 0.4) is 0 Å². The standard InChI is InChI=1S/C16H8F5NO2/c1-6-7-4-2-3-5-8(7)22-14(6)16(23)24-15-12(20)10(18)9(17)11(19)13(15)21/h2-5,22H,1H3. The van der Waals surface area contributed by atoms with Gasteiger partial charge >= 0.3 is 5.97 Å². The zero-order valence-corrected chi connectivity index (χ0v) is 12.0. The molecule has 3 nitrogen and oxygen atoms in total.